The van der Waals surface area contributed by atoms with E-state index in [-0.39, 0.29) is 0 Å². The van der Waals surface area contributed by atoms with Gasteiger partial charge in [0.2, 0.25) is 0 Å². The number of hydrogen-bond acceptors (Lipinski definition) is 3. The van der Waals surface area contributed by atoms with E-state index in [9.17, 15) is 4.79 Å². The number of carboxylic acids is 1. The maximum Gasteiger partial charge on any atom is 0.323 e. The first-order valence-electron chi connectivity index (χ1n) is 5.11. The van der Waals surface area contributed by atoms with E-state index in [0.717, 1.165) is 11.3 Å². The van der Waals surface area contributed by atoms with Crippen LogP contribution in [0.3, 0.4) is 0 Å². The predicted molar refractivity (Wildman–Crippen MR) is 61.5 cm³/mol. The molecule has 0 aromatic heterocycles. The molecule has 4 heteroatoms. The van der Waals surface area contributed by atoms with Gasteiger partial charge in [-0.2, -0.15) is 0 Å². The van der Waals surface area contributed by atoms with Gasteiger partial charge in [-0.1, -0.05) is 12.1 Å². The number of hydrogen-bond donors (Lipinski definition) is 2. The van der Waals surface area contributed by atoms with Gasteiger partial charge in [-0.15, -0.1) is 0 Å². The number of ether oxygens (including phenoxy) is 1. The number of benzene rings is 1. The summed E-state index contributed by atoms with van der Waals surface area (Å²) in [6.07, 6.45) is 1.05. The highest BCUT2D eigenvalue weighted by Gasteiger charge is 2.27. The minimum absolute atomic E-state index is 0.411. The van der Waals surface area contributed by atoms with Crippen LogP contribution in [0.25, 0.3) is 0 Å². The molecular weight excluding hydrogens is 206 g/mol. The number of nitrogens with two attached hydrogens (primary N) is 1. The van der Waals surface area contributed by atoms with Crippen LogP contribution in [0.15, 0.2) is 24.3 Å². The van der Waals surface area contributed by atoms with E-state index in [1.165, 1.54) is 6.92 Å². The molecule has 0 saturated heterocycles. The standard InChI is InChI=1S/C12H17NO3/c1-12(13,11(14)15)8-7-9-3-5-10(16-2)6-4-9/h3-6H,7-8,13H2,1-2H3,(H,14,15)/t12-/m1/s1. The highest BCUT2D eigenvalue weighted by molar-refractivity contribution is 5.77. The molecular formula is C12H17NO3. The van der Waals surface area contributed by atoms with Crippen LogP contribution in [-0.4, -0.2) is 23.7 Å². The minimum atomic E-state index is -1.17. The van der Waals surface area contributed by atoms with Crippen LogP contribution in [0, 0.1) is 0 Å². The summed E-state index contributed by atoms with van der Waals surface area (Å²) in [6, 6.07) is 7.53. The molecule has 0 fully saturated rings. The summed E-state index contributed by atoms with van der Waals surface area (Å²) >= 11 is 0. The summed E-state index contributed by atoms with van der Waals surface area (Å²) < 4.78 is 5.03. The van der Waals surface area contributed by atoms with Gasteiger partial charge in [0.25, 0.3) is 0 Å². The fraction of sp³-hybridized carbons (Fsp3) is 0.417. The first-order valence-corrected chi connectivity index (χ1v) is 5.11. The Balaban J connectivity index is 2.58. The van der Waals surface area contributed by atoms with Crippen LogP contribution >= 0.6 is 0 Å². The number of aliphatic carboxylic acids is 1. The third-order valence-electron chi connectivity index (χ3n) is 2.58. The van der Waals surface area contributed by atoms with Crippen LogP contribution < -0.4 is 10.5 Å². The van der Waals surface area contributed by atoms with Gasteiger partial charge in [-0.3, -0.25) is 4.79 Å². The summed E-state index contributed by atoms with van der Waals surface area (Å²) in [5.41, 5.74) is 5.53. The van der Waals surface area contributed by atoms with Crippen molar-refractivity contribution in [1.82, 2.24) is 0 Å². The van der Waals surface area contributed by atoms with Gasteiger partial charge in [0, 0.05) is 0 Å². The molecule has 0 radical (unpaired) electrons. The largest absolute Gasteiger partial charge is 0.497 e. The summed E-state index contributed by atoms with van der Waals surface area (Å²) in [5, 5.41) is 8.86. The molecule has 0 bridgehead atoms. The zero-order chi connectivity index (χ0) is 12.2. The van der Waals surface area contributed by atoms with E-state index in [1.54, 1.807) is 7.11 Å². The van der Waals surface area contributed by atoms with Crippen molar-refractivity contribution in [3.63, 3.8) is 0 Å². The number of carboxylic acid groups (broad SMARTS) is 1. The SMILES string of the molecule is COc1ccc(CC[C@@](C)(N)C(=O)O)cc1. The molecule has 0 unspecified atom stereocenters. The van der Waals surface area contributed by atoms with Crippen molar-refractivity contribution in [2.45, 2.75) is 25.3 Å². The Morgan fingerprint density at radius 3 is 2.44 bits per heavy atom. The summed E-state index contributed by atoms with van der Waals surface area (Å²) in [6.45, 7) is 1.53. The van der Waals surface area contributed by atoms with Crippen molar-refractivity contribution in [3.8, 4) is 5.75 Å². The maximum atomic E-state index is 10.8. The molecule has 88 valence electrons. The molecule has 0 heterocycles. The Labute approximate surface area is 95.0 Å². The van der Waals surface area contributed by atoms with Gasteiger partial charge >= 0.3 is 5.97 Å². The van der Waals surface area contributed by atoms with E-state index < -0.39 is 11.5 Å². The highest BCUT2D eigenvalue weighted by atomic mass is 16.5. The van der Waals surface area contributed by atoms with E-state index in [0.29, 0.717) is 12.8 Å². The van der Waals surface area contributed by atoms with Crippen LogP contribution in [0.5, 0.6) is 5.75 Å². The molecule has 1 atom stereocenters. The van der Waals surface area contributed by atoms with E-state index in [4.69, 9.17) is 15.6 Å². The van der Waals surface area contributed by atoms with Gasteiger partial charge in [-0.05, 0) is 37.5 Å². The van der Waals surface area contributed by atoms with Crippen molar-refractivity contribution in [2.75, 3.05) is 7.11 Å². The fourth-order valence-electron chi connectivity index (χ4n) is 1.30. The molecule has 0 aliphatic carbocycles. The van der Waals surface area contributed by atoms with Gasteiger partial charge in [0.15, 0.2) is 0 Å². The Morgan fingerprint density at radius 1 is 1.44 bits per heavy atom. The zero-order valence-corrected chi connectivity index (χ0v) is 9.56. The smallest absolute Gasteiger partial charge is 0.323 e. The third kappa shape index (κ3) is 3.24. The predicted octanol–water partition coefficient (Wildman–Crippen LogP) is 1.43. The molecule has 0 amide bonds. The molecule has 1 rings (SSSR count). The second-order valence-corrected chi connectivity index (χ2v) is 4.07. The number of methoxy groups -OCH3 is 1. The van der Waals surface area contributed by atoms with Crippen molar-refractivity contribution >= 4 is 5.97 Å². The topological polar surface area (TPSA) is 72.5 Å². The quantitative estimate of drug-likeness (QED) is 0.792. The first kappa shape index (κ1) is 12.5. The molecule has 0 aliphatic rings. The Hall–Kier alpha value is -1.55. The lowest BCUT2D eigenvalue weighted by Crippen LogP contribution is -2.45. The Bertz CT molecular complexity index is 357. The molecule has 16 heavy (non-hydrogen) atoms. The minimum Gasteiger partial charge on any atom is -0.497 e. The van der Waals surface area contributed by atoms with E-state index in [2.05, 4.69) is 0 Å². The van der Waals surface area contributed by atoms with Crippen molar-refractivity contribution < 1.29 is 14.6 Å². The lowest BCUT2D eigenvalue weighted by Gasteiger charge is -2.18. The summed E-state index contributed by atoms with van der Waals surface area (Å²) in [7, 11) is 1.61. The maximum absolute atomic E-state index is 10.8. The lowest BCUT2D eigenvalue weighted by atomic mass is 9.94. The monoisotopic (exact) mass is 223 g/mol. The molecule has 0 spiro atoms. The van der Waals surface area contributed by atoms with E-state index in [1.807, 2.05) is 24.3 Å². The lowest BCUT2D eigenvalue weighted by molar-refractivity contribution is -0.142. The molecule has 1 aromatic rings. The van der Waals surface area contributed by atoms with Crippen molar-refractivity contribution in [2.24, 2.45) is 5.73 Å². The molecule has 4 nitrogen and oxygen atoms in total. The van der Waals surface area contributed by atoms with Crippen LogP contribution in [0.2, 0.25) is 0 Å². The summed E-state index contributed by atoms with van der Waals surface area (Å²) in [5.74, 6) is -0.182. The average molecular weight is 223 g/mol. The highest BCUT2D eigenvalue weighted by Crippen LogP contribution is 2.15. The van der Waals surface area contributed by atoms with Crippen LogP contribution in [0.4, 0.5) is 0 Å². The molecule has 0 aliphatic heterocycles. The van der Waals surface area contributed by atoms with Crippen LogP contribution in [0.1, 0.15) is 18.9 Å². The van der Waals surface area contributed by atoms with E-state index >= 15 is 0 Å². The molecule has 1 aromatic carbocycles. The van der Waals surface area contributed by atoms with Gasteiger partial charge in [-0.25, -0.2) is 0 Å². The Morgan fingerprint density at radius 2 is 2.00 bits per heavy atom. The number of rotatable bonds is 5. The summed E-state index contributed by atoms with van der Waals surface area (Å²) in [4.78, 5) is 10.8. The third-order valence-corrected chi connectivity index (χ3v) is 2.58. The van der Waals surface area contributed by atoms with Crippen molar-refractivity contribution in [3.05, 3.63) is 29.8 Å². The number of carbonyl (C=O) groups is 1. The van der Waals surface area contributed by atoms with Gasteiger partial charge < -0.3 is 15.6 Å². The first-order chi connectivity index (χ1) is 7.45. The average Bonchev–Trinajstić information content (AvgIpc) is 2.27. The normalized spacial score (nSPS) is 14.2. The van der Waals surface area contributed by atoms with Crippen molar-refractivity contribution in [1.29, 1.82) is 0 Å². The molecule has 0 saturated carbocycles. The van der Waals surface area contributed by atoms with Gasteiger partial charge in [0.05, 0.1) is 7.11 Å². The number of aryl methyl sites for hydroxylation is 1. The molecule has 3 N–H and O–H groups in total. The fourth-order valence-corrected chi connectivity index (χ4v) is 1.30. The zero-order valence-electron chi connectivity index (χ0n) is 9.56. The van der Waals surface area contributed by atoms with Crippen LogP contribution in [-0.2, 0) is 11.2 Å². The van der Waals surface area contributed by atoms with Gasteiger partial charge in [0.1, 0.15) is 11.3 Å². The Kier molecular flexibility index (Phi) is 3.90. The second-order valence-electron chi connectivity index (χ2n) is 4.07. The second kappa shape index (κ2) is 4.99.